The number of hydrogen-bond donors (Lipinski definition) is 0. The van der Waals surface area contributed by atoms with Crippen LogP contribution in [0.3, 0.4) is 0 Å². The Kier molecular flexibility index (Phi) is 3.51. The molecule has 2 fully saturated rings. The summed E-state index contributed by atoms with van der Waals surface area (Å²) in [5.74, 6) is 1.14. The molecule has 2 bridgehead atoms. The summed E-state index contributed by atoms with van der Waals surface area (Å²) in [6, 6.07) is 3.34. The molecule has 4 heterocycles. The highest BCUT2D eigenvalue weighted by Gasteiger charge is 2.45. The van der Waals surface area contributed by atoms with Gasteiger partial charge in [0.2, 0.25) is 6.29 Å². The standard InChI is InChI=1S/C15H15N3O4S/c1-2-5-17-13(11-4-3-6-20-11)16-18(15(17)23)9-7-10(19)14-21-8-12(9)22-14/h2-4,6,9,12,14H,1,5,7-8H2/t9-,12+,14+/m1/s1. The average molecular weight is 333 g/mol. The van der Waals surface area contributed by atoms with Gasteiger partial charge in [-0.3, -0.25) is 9.36 Å². The first-order chi connectivity index (χ1) is 11.2. The fourth-order valence-electron chi connectivity index (χ4n) is 2.98. The van der Waals surface area contributed by atoms with Crippen molar-refractivity contribution in [3.05, 3.63) is 35.8 Å². The third-order valence-electron chi connectivity index (χ3n) is 4.07. The van der Waals surface area contributed by atoms with Gasteiger partial charge in [-0.05, 0) is 24.4 Å². The molecule has 0 aromatic carbocycles. The number of carbonyl (C=O) groups excluding carboxylic acids is 1. The Bertz CT molecular complexity index is 807. The number of ether oxygens (including phenoxy) is 2. The van der Waals surface area contributed by atoms with Crippen LogP contribution in [0, 0.1) is 4.77 Å². The molecule has 2 aliphatic rings. The van der Waals surface area contributed by atoms with Gasteiger partial charge in [-0.25, -0.2) is 4.68 Å². The van der Waals surface area contributed by atoms with Gasteiger partial charge in [0.05, 0.1) is 18.9 Å². The Balaban J connectivity index is 1.80. The summed E-state index contributed by atoms with van der Waals surface area (Å²) in [7, 11) is 0. The zero-order valence-electron chi connectivity index (χ0n) is 12.3. The predicted octanol–water partition coefficient (Wildman–Crippen LogP) is 2.12. The first kappa shape index (κ1) is 14.6. The van der Waals surface area contributed by atoms with Crippen LogP contribution in [-0.4, -0.2) is 39.1 Å². The van der Waals surface area contributed by atoms with Gasteiger partial charge < -0.3 is 13.9 Å². The fraction of sp³-hybridized carbons (Fsp3) is 0.400. The average Bonchev–Trinajstić information content (AvgIpc) is 3.25. The molecule has 23 heavy (non-hydrogen) atoms. The maximum absolute atomic E-state index is 12.0. The third-order valence-corrected chi connectivity index (χ3v) is 4.47. The molecule has 2 saturated heterocycles. The molecule has 0 saturated carbocycles. The van der Waals surface area contributed by atoms with E-state index >= 15 is 0 Å². The zero-order valence-corrected chi connectivity index (χ0v) is 13.1. The van der Waals surface area contributed by atoms with E-state index in [2.05, 4.69) is 11.7 Å². The lowest BCUT2D eigenvalue weighted by Crippen LogP contribution is -2.37. The lowest BCUT2D eigenvalue weighted by Gasteiger charge is -2.26. The Morgan fingerprint density at radius 2 is 2.39 bits per heavy atom. The molecule has 0 unspecified atom stereocenters. The number of aromatic nitrogens is 3. The maximum atomic E-state index is 12.0. The maximum Gasteiger partial charge on any atom is 0.218 e. The number of carbonyl (C=O) groups is 1. The number of furan rings is 1. The van der Waals surface area contributed by atoms with Crippen molar-refractivity contribution in [2.75, 3.05) is 6.61 Å². The van der Waals surface area contributed by atoms with Crippen LogP contribution < -0.4 is 0 Å². The molecular weight excluding hydrogens is 318 g/mol. The number of allylic oxidation sites excluding steroid dienone is 1. The number of nitrogens with zero attached hydrogens (tertiary/aromatic N) is 3. The van der Waals surface area contributed by atoms with E-state index in [1.807, 2.05) is 10.6 Å². The molecule has 2 aliphatic heterocycles. The van der Waals surface area contributed by atoms with E-state index < -0.39 is 6.29 Å². The summed E-state index contributed by atoms with van der Waals surface area (Å²) in [6.07, 6.45) is 2.67. The second-order valence-corrected chi connectivity index (χ2v) is 5.87. The lowest BCUT2D eigenvalue weighted by atomic mass is 10.0. The van der Waals surface area contributed by atoms with E-state index in [-0.39, 0.29) is 17.9 Å². The Labute approximate surface area is 137 Å². The molecule has 120 valence electrons. The van der Waals surface area contributed by atoms with Crippen molar-refractivity contribution < 1.29 is 18.7 Å². The third kappa shape index (κ3) is 2.30. The second-order valence-electron chi connectivity index (χ2n) is 5.50. The van der Waals surface area contributed by atoms with E-state index in [1.165, 1.54) is 0 Å². The van der Waals surface area contributed by atoms with Crippen LogP contribution in [0.25, 0.3) is 11.6 Å². The van der Waals surface area contributed by atoms with Crippen molar-refractivity contribution in [3.8, 4) is 11.6 Å². The van der Waals surface area contributed by atoms with Crippen LogP contribution >= 0.6 is 12.2 Å². The van der Waals surface area contributed by atoms with Crippen molar-refractivity contribution in [3.63, 3.8) is 0 Å². The minimum Gasteiger partial charge on any atom is -0.461 e. The van der Waals surface area contributed by atoms with Gasteiger partial charge in [-0.1, -0.05) is 6.08 Å². The summed E-state index contributed by atoms with van der Waals surface area (Å²) in [4.78, 5) is 12.0. The molecule has 0 spiro atoms. The molecule has 7 nitrogen and oxygen atoms in total. The highest BCUT2D eigenvalue weighted by atomic mass is 32.1. The van der Waals surface area contributed by atoms with Crippen LogP contribution in [0.15, 0.2) is 35.5 Å². The number of rotatable bonds is 4. The van der Waals surface area contributed by atoms with Gasteiger partial charge >= 0.3 is 0 Å². The minimum atomic E-state index is -0.731. The molecule has 0 aliphatic carbocycles. The fourth-order valence-corrected chi connectivity index (χ4v) is 3.32. The zero-order chi connectivity index (χ0) is 16.0. The first-order valence-corrected chi connectivity index (χ1v) is 7.73. The van der Waals surface area contributed by atoms with Gasteiger partial charge in [-0.2, -0.15) is 0 Å². The largest absolute Gasteiger partial charge is 0.461 e. The number of fused-ring (bicyclic) bond motifs is 2. The predicted molar refractivity (Wildman–Crippen MR) is 82.2 cm³/mol. The van der Waals surface area contributed by atoms with Gasteiger partial charge in [0, 0.05) is 13.0 Å². The molecule has 8 heteroatoms. The minimum absolute atomic E-state index is 0.0801. The molecule has 0 amide bonds. The molecular formula is C15H15N3O4S. The highest BCUT2D eigenvalue weighted by Crippen LogP contribution is 2.33. The van der Waals surface area contributed by atoms with Crippen LogP contribution in [0.5, 0.6) is 0 Å². The van der Waals surface area contributed by atoms with Crippen LogP contribution in [-0.2, 0) is 20.8 Å². The van der Waals surface area contributed by atoms with E-state index in [4.69, 9.17) is 26.1 Å². The van der Waals surface area contributed by atoms with Crippen LogP contribution in [0.2, 0.25) is 0 Å². The molecule has 2 aromatic heterocycles. The molecule has 3 atom stereocenters. The van der Waals surface area contributed by atoms with Crippen LogP contribution in [0.4, 0.5) is 0 Å². The van der Waals surface area contributed by atoms with Crippen LogP contribution in [0.1, 0.15) is 12.5 Å². The Hall–Kier alpha value is -2.03. The second kappa shape index (κ2) is 5.55. The number of hydrogen-bond acceptors (Lipinski definition) is 6. The summed E-state index contributed by atoms with van der Waals surface area (Å²) < 4.78 is 20.4. The van der Waals surface area contributed by atoms with Gasteiger partial charge in [-0.15, -0.1) is 11.7 Å². The van der Waals surface area contributed by atoms with Crippen molar-refractivity contribution in [1.82, 2.24) is 14.3 Å². The monoisotopic (exact) mass is 333 g/mol. The molecule has 0 N–H and O–H groups in total. The van der Waals surface area contributed by atoms with E-state index in [0.717, 1.165) is 0 Å². The van der Waals surface area contributed by atoms with Gasteiger partial charge in [0.15, 0.2) is 22.1 Å². The van der Waals surface area contributed by atoms with Gasteiger partial charge in [0.25, 0.3) is 0 Å². The van der Waals surface area contributed by atoms with E-state index in [0.29, 0.717) is 35.9 Å². The highest BCUT2D eigenvalue weighted by molar-refractivity contribution is 7.71. The summed E-state index contributed by atoms with van der Waals surface area (Å²) >= 11 is 5.55. The smallest absolute Gasteiger partial charge is 0.218 e. The molecule has 2 aromatic rings. The normalized spacial score (nSPS) is 26.6. The number of Topliss-reactive ketones (excluding diaryl/α,β-unsaturated/α-hetero) is 1. The van der Waals surface area contributed by atoms with E-state index in [1.54, 1.807) is 23.1 Å². The summed E-state index contributed by atoms with van der Waals surface area (Å²) in [6.45, 7) is 4.63. The quantitative estimate of drug-likeness (QED) is 0.630. The SMILES string of the molecule is C=CCn1c(-c2ccco2)nn([C@@H]2CC(=O)[C@H]3OC[C@@H]2O3)c1=S. The summed E-state index contributed by atoms with van der Waals surface area (Å²) in [5, 5.41) is 4.59. The summed E-state index contributed by atoms with van der Waals surface area (Å²) in [5.41, 5.74) is 0. The lowest BCUT2D eigenvalue weighted by molar-refractivity contribution is -0.156. The molecule has 4 rings (SSSR count). The van der Waals surface area contributed by atoms with Gasteiger partial charge in [0.1, 0.15) is 6.10 Å². The Morgan fingerprint density at radius 3 is 3.13 bits per heavy atom. The topological polar surface area (TPSA) is 71.4 Å². The van der Waals surface area contributed by atoms with Crippen molar-refractivity contribution >= 4 is 18.0 Å². The van der Waals surface area contributed by atoms with Crippen molar-refractivity contribution in [1.29, 1.82) is 0 Å². The molecule has 0 radical (unpaired) electrons. The number of ketones is 1. The first-order valence-electron chi connectivity index (χ1n) is 7.33. The van der Waals surface area contributed by atoms with E-state index in [9.17, 15) is 4.79 Å². The Morgan fingerprint density at radius 1 is 1.52 bits per heavy atom. The van der Waals surface area contributed by atoms with Crippen molar-refractivity contribution in [2.45, 2.75) is 31.4 Å². The van der Waals surface area contributed by atoms with Crippen molar-refractivity contribution in [2.24, 2.45) is 0 Å².